The number of Topliss-reactive ketones (excluding diaryl/α,β-unsaturated/α-hetero) is 1. The molecule has 0 saturated heterocycles. The SMILES string of the molecule is CC(C)(C(CC(=O)O)Oc1ccc(C(=O)CN2Cc3cc(C(=O)NS)ccc3C2=O)cc1)N(c1cccnc1)S(=O)O. The fourth-order valence-electron chi connectivity index (χ4n) is 4.69. The van der Waals surface area contributed by atoms with Gasteiger partial charge in [-0.2, -0.15) is 0 Å². The number of rotatable bonds is 12. The third-order valence-corrected chi connectivity index (χ3v) is 8.04. The Bertz CT molecular complexity index is 1530. The molecule has 14 heteroatoms. The summed E-state index contributed by atoms with van der Waals surface area (Å²) in [5.41, 5.74) is 0.680. The van der Waals surface area contributed by atoms with Crippen molar-refractivity contribution in [1.82, 2.24) is 14.6 Å². The second-order valence-corrected chi connectivity index (χ2v) is 11.1. The first kappa shape index (κ1) is 30.7. The first-order valence-electron chi connectivity index (χ1n) is 12.6. The summed E-state index contributed by atoms with van der Waals surface area (Å²) in [6.45, 7) is 3.14. The standard InChI is InChI=1S/C28H28N4O8S2/c1-28(2,32(42(38)39)20-4-3-11-29-14-20)24(13-25(34)35)40-21-8-5-17(6-9-21)23(33)16-31-15-19-12-18(26(36)30-41)7-10-22(19)27(31)37/h3-12,14,24,41H,13,15-16H2,1-2H3,(H,30,36)(H,34,35)(H,38,39). The van der Waals surface area contributed by atoms with Crippen LogP contribution in [0.25, 0.3) is 0 Å². The largest absolute Gasteiger partial charge is 0.487 e. The van der Waals surface area contributed by atoms with Gasteiger partial charge in [0.1, 0.15) is 11.9 Å². The predicted molar refractivity (Wildman–Crippen MR) is 157 cm³/mol. The number of carboxylic acid groups (broad SMARTS) is 1. The van der Waals surface area contributed by atoms with Crippen LogP contribution in [0, 0.1) is 0 Å². The third-order valence-electron chi connectivity index (χ3n) is 6.84. The zero-order chi connectivity index (χ0) is 30.6. The van der Waals surface area contributed by atoms with Crippen LogP contribution in [0.4, 0.5) is 5.69 Å². The molecule has 2 unspecified atom stereocenters. The number of nitrogens with zero attached hydrogens (tertiary/aromatic N) is 3. The minimum atomic E-state index is -2.53. The van der Waals surface area contributed by atoms with E-state index >= 15 is 0 Å². The van der Waals surface area contributed by atoms with Gasteiger partial charge >= 0.3 is 5.97 Å². The Morgan fingerprint density at radius 3 is 2.45 bits per heavy atom. The van der Waals surface area contributed by atoms with E-state index in [0.29, 0.717) is 27.9 Å². The molecular weight excluding hydrogens is 584 g/mol. The van der Waals surface area contributed by atoms with Gasteiger partial charge in [0.25, 0.3) is 23.1 Å². The number of hydrogen-bond acceptors (Lipinski definition) is 8. The first-order chi connectivity index (χ1) is 19.9. The lowest BCUT2D eigenvalue weighted by atomic mass is 9.93. The summed E-state index contributed by atoms with van der Waals surface area (Å²) in [7, 11) is 0. The number of pyridine rings is 1. The normalized spacial score (nSPS) is 14.1. The number of aromatic nitrogens is 1. The number of nitrogens with one attached hydrogen (secondary N) is 1. The van der Waals surface area contributed by atoms with E-state index in [2.05, 4.69) is 22.5 Å². The van der Waals surface area contributed by atoms with Crippen LogP contribution in [0.2, 0.25) is 0 Å². The van der Waals surface area contributed by atoms with Gasteiger partial charge in [-0.25, -0.2) is 4.21 Å². The highest BCUT2D eigenvalue weighted by atomic mass is 32.2. The van der Waals surface area contributed by atoms with E-state index in [9.17, 15) is 33.0 Å². The molecule has 1 aliphatic heterocycles. The molecule has 3 aromatic rings. The third kappa shape index (κ3) is 6.61. The molecule has 2 aromatic carbocycles. The first-order valence-corrected chi connectivity index (χ1v) is 14.1. The quantitative estimate of drug-likeness (QED) is 0.137. The summed E-state index contributed by atoms with van der Waals surface area (Å²) in [5, 5.41) is 9.56. The maximum atomic E-state index is 13.0. The van der Waals surface area contributed by atoms with Crippen molar-refractivity contribution in [2.75, 3.05) is 10.8 Å². The molecular formula is C28H28N4O8S2. The van der Waals surface area contributed by atoms with Crippen LogP contribution in [0.15, 0.2) is 67.0 Å². The van der Waals surface area contributed by atoms with Crippen molar-refractivity contribution in [2.45, 2.75) is 38.5 Å². The number of anilines is 1. The van der Waals surface area contributed by atoms with Crippen molar-refractivity contribution in [2.24, 2.45) is 0 Å². The maximum Gasteiger partial charge on any atom is 0.307 e. The van der Waals surface area contributed by atoms with Crippen molar-refractivity contribution in [3.05, 3.63) is 89.2 Å². The summed E-state index contributed by atoms with van der Waals surface area (Å²) in [4.78, 5) is 54.8. The molecule has 2 atom stereocenters. The number of carbonyl (C=O) groups excluding carboxylic acids is 3. The van der Waals surface area contributed by atoms with Gasteiger partial charge in [-0.05, 0) is 74.0 Å². The van der Waals surface area contributed by atoms with E-state index in [1.165, 1.54) is 47.6 Å². The molecule has 1 aromatic heterocycles. The van der Waals surface area contributed by atoms with Gasteiger partial charge in [0.05, 0.1) is 30.4 Å². The Kier molecular flexibility index (Phi) is 9.29. The van der Waals surface area contributed by atoms with E-state index in [1.807, 2.05) is 0 Å². The molecule has 0 fully saturated rings. The van der Waals surface area contributed by atoms with Gasteiger partial charge in [0, 0.05) is 29.4 Å². The van der Waals surface area contributed by atoms with Crippen LogP contribution in [0.5, 0.6) is 5.75 Å². The fourth-order valence-corrected chi connectivity index (χ4v) is 5.62. The number of fused-ring (bicyclic) bond motifs is 1. The zero-order valence-electron chi connectivity index (χ0n) is 22.6. The van der Waals surface area contributed by atoms with E-state index in [0.717, 1.165) is 4.31 Å². The summed E-state index contributed by atoms with van der Waals surface area (Å²) in [6.07, 6.45) is 1.30. The van der Waals surface area contributed by atoms with Crippen LogP contribution < -0.4 is 13.8 Å². The average molecular weight is 613 g/mol. The van der Waals surface area contributed by atoms with Crippen molar-refractivity contribution in [3.63, 3.8) is 0 Å². The highest BCUT2D eigenvalue weighted by Crippen LogP contribution is 2.32. The maximum absolute atomic E-state index is 13.0. The van der Waals surface area contributed by atoms with Crippen LogP contribution >= 0.6 is 12.8 Å². The lowest BCUT2D eigenvalue weighted by Gasteiger charge is -2.41. The predicted octanol–water partition coefficient (Wildman–Crippen LogP) is 3.14. The highest BCUT2D eigenvalue weighted by Gasteiger charge is 2.42. The van der Waals surface area contributed by atoms with E-state index in [1.54, 1.807) is 38.1 Å². The molecule has 0 spiro atoms. The number of ketones is 1. The summed E-state index contributed by atoms with van der Waals surface area (Å²) >= 11 is 1.22. The average Bonchev–Trinajstić information content (AvgIpc) is 3.26. The highest BCUT2D eigenvalue weighted by molar-refractivity contribution is 7.80. The van der Waals surface area contributed by atoms with Crippen LogP contribution in [-0.2, 0) is 22.6 Å². The molecule has 0 bridgehead atoms. The summed E-state index contributed by atoms with van der Waals surface area (Å²) in [6, 6.07) is 13.8. The molecule has 3 N–H and O–H groups in total. The van der Waals surface area contributed by atoms with Gasteiger partial charge in [-0.15, -0.1) is 0 Å². The second-order valence-electron chi connectivity index (χ2n) is 10.0. The Morgan fingerprint density at radius 1 is 1.17 bits per heavy atom. The van der Waals surface area contributed by atoms with Gasteiger partial charge in [0.2, 0.25) is 0 Å². The lowest BCUT2D eigenvalue weighted by molar-refractivity contribution is -0.139. The Hall–Kier alpha value is -4.27. The number of ether oxygens (including phenoxy) is 1. The van der Waals surface area contributed by atoms with Gasteiger partial charge in [-0.1, -0.05) is 12.8 Å². The molecule has 0 saturated carbocycles. The topological polar surface area (TPSA) is 166 Å². The number of amides is 2. The molecule has 1 aliphatic rings. The molecule has 0 radical (unpaired) electrons. The van der Waals surface area contributed by atoms with Crippen LogP contribution in [0.3, 0.4) is 0 Å². The number of carboxylic acids is 1. The Morgan fingerprint density at radius 2 is 1.86 bits per heavy atom. The second kappa shape index (κ2) is 12.7. The van der Waals surface area contributed by atoms with Crippen LogP contribution in [-0.4, -0.2) is 65.5 Å². The minimum absolute atomic E-state index is 0.167. The summed E-state index contributed by atoms with van der Waals surface area (Å²) < 4.78 is 31.8. The molecule has 42 heavy (non-hydrogen) atoms. The van der Waals surface area contributed by atoms with Gasteiger partial charge in [-0.3, -0.25) is 37.7 Å². The molecule has 0 aliphatic carbocycles. The molecule has 2 heterocycles. The molecule has 2 amide bonds. The van der Waals surface area contributed by atoms with Gasteiger partial charge in [0.15, 0.2) is 5.78 Å². The summed E-state index contributed by atoms with van der Waals surface area (Å²) in [5.74, 6) is -2.01. The van der Waals surface area contributed by atoms with E-state index in [4.69, 9.17) is 4.74 Å². The number of hydrogen-bond donors (Lipinski definition) is 4. The molecule has 12 nitrogen and oxygen atoms in total. The molecule has 220 valence electrons. The van der Waals surface area contributed by atoms with Crippen molar-refractivity contribution in [3.8, 4) is 5.75 Å². The van der Waals surface area contributed by atoms with Crippen molar-refractivity contribution in [1.29, 1.82) is 0 Å². The fraction of sp³-hybridized carbons (Fsp3) is 0.250. The smallest absolute Gasteiger partial charge is 0.307 e. The minimum Gasteiger partial charge on any atom is -0.487 e. The zero-order valence-corrected chi connectivity index (χ0v) is 24.3. The monoisotopic (exact) mass is 612 g/mol. The van der Waals surface area contributed by atoms with Crippen LogP contribution in [0.1, 0.15) is 56.9 Å². The number of benzene rings is 2. The Labute approximate surface area is 249 Å². The van der Waals surface area contributed by atoms with Gasteiger partial charge < -0.3 is 14.7 Å². The Balaban J connectivity index is 1.48. The number of thiol groups is 1. The number of carbonyl (C=O) groups is 4. The molecule has 4 rings (SSSR count). The van der Waals surface area contributed by atoms with Crippen molar-refractivity contribution < 1.29 is 37.8 Å². The lowest BCUT2D eigenvalue weighted by Crippen LogP contribution is -2.56. The van der Waals surface area contributed by atoms with E-state index in [-0.39, 0.29) is 30.5 Å². The van der Waals surface area contributed by atoms with E-state index < -0.39 is 41.2 Å². The van der Waals surface area contributed by atoms with Crippen molar-refractivity contribution >= 4 is 53.3 Å². The number of aliphatic carboxylic acids is 1.